The highest BCUT2D eigenvalue weighted by Gasteiger charge is 2.09. The Kier molecular flexibility index (Phi) is 4.66. The molecule has 0 heterocycles. The summed E-state index contributed by atoms with van der Waals surface area (Å²) < 4.78 is 0. The number of hydrogen-bond acceptors (Lipinski definition) is 3. The van der Waals surface area contributed by atoms with Gasteiger partial charge in [-0.25, -0.2) is 4.79 Å². The van der Waals surface area contributed by atoms with Crippen LogP contribution in [0, 0.1) is 5.92 Å². The van der Waals surface area contributed by atoms with E-state index >= 15 is 0 Å². The molecule has 0 saturated carbocycles. The number of nitrogens with one attached hydrogen (secondary N) is 1. The number of amides is 1. The molecule has 0 aromatic heterocycles. The van der Waals surface area contributed by atoms with E-state index in [1.807, 2.05) is 0 Å². The fraction of sp³-hybridized carbons (Fsp3) is 0.333. The van der Waals surface area contributed by atoms with Gasteiger partial charge >= 0.3 is 5.97 Å². The molecule has 4 N–H and O–H groups in total. The van der Waals surface area contributed by atoms with Gasteiger partial charge in [-0.05, 0) is 17.7 Å². The van der Waals surface area contributed by atoms with E-state index in [1.54, 1.807) is 19.1 Å². The maximum absolute atomic E-state index is 11.4. The lowest BCUT2D eigenvalue weighted by Gasteiger charge is -2.09. The summed E-state index contributed by atoms with van der Waals surface area (Å²) in [7, 11) is 0. The average molecular weight is 236 g/mol. The first kappa shape index (κ1) is 13.2. The molecule has 1 amide bonds. The first-order chi connectivity index (χ1) is 8.04. The molecule has 1 aromatic rings. The second-order valence-electron chi connectivity index (χ2n) is 3.86. The van der Waals surface area contributed by atoms with E-state index in [2.05, 4.69) is 5.32 Å². The highest BCUT2D eigenvalue weighted by atomic mass is 16.4. The van der Waals surface area contributed by atoms with E-state index in [1.165, 1.54) is 12.1 Å². The summed E-state index contributed by atoms with van der Waals surface area (Å²) in [5.74, 6) is -1.28. The SMILES string of the molecule is CC(CN)C(=O)NCc1ccc(C(=O)O)cc1. The van der Waals surface area contributed by atoms with Gasteiger partial charge in [-0.2, -0.15) is 0 Å². The van der Waals surface area contributed by atoms with Gasteiger partial charge < -0.3 is 16.2 Å². The number of nitrogens with two attached hydrogens (primary N) is 1. The Morgan fingerprint density at radius 3 is 2.41 bits per heavy atom. The molecule has 1 rings (SSSR count). The van der Waals surface area contributed by atoms with Crippen molar-refractivity contribution >= 4 is 11.9 Å². The number of carboxylic acid groups (broad SMARTS) is 1. The van der Waals surface area contributed by atoms with Crippen molar-refractivity contribution in [3.63, 3.8) is 0 Å². The standard InChI is InChI=1S/C12H16N2O3/c1-8(6-13)11(15)14-7-9-2-4-10(5-3-9)12(16)17/h2-5,8H,6-7,13H2,1H3,(H,14,15)(H,16,17). The van der Waals surface area contributed by atoms with Crippen LogP contribution in [-0.2, 0) is 11.3 Å². The molecule has 92 valence electrons. The quantitative estimate of drug-likeness (QED) is 0.697. The summed E-state index contributed by atoms with van der Waals surface area (Å²) in [6.45, 7) is 2.44. The molecule has 0 saturated heterocycles. The van der Waals surface area contributed by atoms with Crippen LogP contribution in [0.2, 0.25) is 0 Å². The summed E-state index contributed by atoms with van der Waals surface area (Å²) >= 11 is 0. The Hall–Kier alpha value is -1.88. The molecule has 0 aliphatic rings. The van der Waals surface area contributed by atoms with E-state index in [9.17, 15) is 9.59 Å². The molecule has 5 heteroatoms. The average Bonchev–Trinajstić information content (AvgIpc) is 2.35. The Morgan fingerprint density at radius 2 is 1.94 bits per heavy atom. The highest BCUT2D eigenvalue weighted by molar-refractivity contribution is 5.87. The first-order valence-electron chi connectivity index (χ1n) is 5.34. The van der Waals surface area contributed by atoms with Gasteiger partial charge in [0.05, 0.1) is 5.56 Å². The van der Waals surface area contributed by atoms with Gasteiger partial charge in [-0.1, -0.05) is 19.1 Å². The molecule has 0 aliphatic heterocycles. The van der Waals surface area contributed by atoms with Gasteiger partial charge in [-0.3, -0.25) is 4.79 Å². The lowest BCUT2D eigenvalue weighted by atomic mass is 10.1. The highest BCUT2D eigenvalue weighted by Crippen LogP contribution is 2.04. The second kappa shape index (κ2) is 6.00. The summed E-state index contributed by atoms with van der Waals surface area (Å²) in [6.07, 6.45) is 0. The van der Waals surface area contributed by atoms with Crippen molar-refractivity contribution in [2.45, 2.75) is 13.5 Å². The Morgan fingerprint density at radius 1 is 1.35 bits per heavy atom. The topological polar surface area (TPSA) is 92.4 Å². The molecule has 0 aliphatic carbocycles. The van der Waals surface area contributed by atoms with Crippen LogP contribution < -0.4 is 11.1 Å². The van der Waals surface area contributed by atoms with Crippen molar-refractivity contribution in [3.05, 3.63) is 35.4 Å². The minimum atomic E-state index is -0.961. The number of carbonyl (C=O) groups is 2. The van der Waals surface area contributed by atoms with Gasteiger partial charge in [0.15, 0.2) is 0 Å². The van der Waals surface area contributed by atoms with Gasteiger partial charge in [0, 0.05) is 19.0 Å². The molecule has 0 fully saturated rings. The number of hydrogen-bond donors (Lipinski definition) is 3. The molecule has 1 aromatic carbocycles. The Balaban J connectivity index is 2.53. The number of benzene rings is 1. The van der Waals surface area contributed by atoms with Gasteiger partial charge in [0.25, 0.3) is 0 Å². The normalized spacial score (nSPS) is 11.9. The van der Waals surface area contributed by atoms with Crippen molar-refractivity contribution < 1.29 is 14.7 Å². The third-order valence-electron chi connectivity index (χ3n) is 2.47. The molecular formula is C12H16N2O3. The van der Waals surface area contributed by atoms with Crippen LogP contribution >= 0.6 is 0 Å². The van der Waals surface area contributed by atoms with E-state index in [-0.39, 0.29) is 17.4 Å². The molecule has 17 heavy (non-hydrogen) atoms. The van der Waals surface area contributed by atoms with Crippen LogP contribution in [0.15, 0.2) is 24.3 Å². The van der Waals surface area contributed by atoms with Crippen LogP contribution in [0.1, 0.15) is 22.8 Å². The molecule has 0 bridgehead atoms. The Labute approximate surface area is 99.6 Å². The van der Waals surface area contributed by atoms with Crippen molar-refractivity contribution in [3.8, 4) is 0 Å². The lowest BCUT2D eigenvalue weighted by molar-refractivity contribution is -0.124. The van der Waals surface area contributed by atoms with E-state index < -0.39 is 5.97 Å². The molecule has 1 unspecified atom stereocenters. The molecule has 5 nitrogen and oxygen atoms in total. The number of rotatable bonds is 5. The number of carboxylic acids is 1. The molecule has 0 radical (unpaired) electrons. The van der Waals surface area contributed by atoms with E-state index in [0.29, 0.717) is 13.1 Å². The van der Waals surface area contributed by atoms with Crippen LogP contribution in [0.3, 0.4) is 0 Å². The van der Waals surface area contributed by atoms with Gasteiger partial charge in [0.1, 0.15) is 0 Å². The van der Waals surface area contributed by atoms with Crippen LogP contribution in [0.5, 0.6) is 0 Å². The second-order valence-corrected chi connectivity index (χ2v) is 3.86. The zero-order valence-electron chi connectivity index (χ0n) is 9.64. The van der Waals surface area contributed by atoms with Crippen LogP contribution in [-0.4, -0.2) is 23.5 Å². The fourth-order valence-corrected chi connectivity index (χ4v) is 1.24. The van der Waals surface area contributed by atoms with Gasteiger partial charge in [-0.15, -0.1) is 0 Å². The predicted octanol–water partition coefficient (Wildman–Crippen LogP) is 0.596. The predicted molar refractivity (Wildman–Crippen MR) is 63.5 cm³/mol. The van der Waals surface area contributed by atoms with Gasteiger partial charge in [0.2, 0.25) is 5.91 Å². The third kappa shape index (κ3) is 3.88. The summed E-state index contributed by atoms with van der Waals surface area (Å²) in [5.41, 5.74) is 6.46. The summed E-state index contributed by atoms with van der Waals surface area (Å²) in [5, 5.41) is 11.4. The molecule has 0 spiro atoms. The van der Waals surface area contributed by atoms with Crippen LogP contribution in [0.25, 0.3) is 0 Å². The van der Waals surface area contributed by atoms with Crippen molar-refractivity contribution in [1.82, 2.24) is 5.32 Å². The van der Waals surface area contributed by atoms with Crippen molar-refractivity contribution in [2.75, 3.05) is 6.54 Å². The zero-order valence-corrected chi connectivity index (χ0v) is 9.64. The minimum absolute atomic E-state index is 0.102. The van der Waals surface area contributed by atoms with Crippen molar-refractivity contribution in [2.24, 2.45) is 11.7 Å². The first-order valence-corrected chi connectivity index (χ1v) is 5.34. The smallest absolute Gasteiger partial charge is 0.335 e. The van der Waals surface area contributed by atoms with E-state index in [0.717, 1.165) is 5.56 Å². The minimum Gasteiger partial charge on any atom is -0.478 e. The van der Waals surface area contributed by atoms with Crippen LogP contribution in [0.4, 0.5) is 0 Å². The van der Waals surface area contributed by atoms with E-state index in [4.69, 9.17) is 10.8 Å². The molecular weight excluding hydrogens is 220 g/mol. The lowest BCUT2D eigenvalue weighted by Crippen LogP contribution is -2.32. The largest absolute Gasteiger partial charge is 0.478 e. The number of carbonyl (C=O) groups excluding carboxylic acids is 1. The molecule has 1 atom stereocenters. The summed E-state index contributed by atoms with van der Waals surface area (Å²) in [4.78, 5) is 22.1. The fourth-order valence-electron chi connectivity index (χ4n) is 1.24. The summed E-state index contributed by atoms with van der Waals surface area (Å²) in [6, 6.07) is 6.38. The van der Waals surface area contributed by atoms with Crippen molar-refractivity contribution in [1.29, 1.82) is 0 Å². The maximum atomic E-state index is 11.4. The number of aromatic carboxylic acids is 1. The third-order valence-corrected chi connectivity index (χ3v) is 2.47. The monoisotopic (exact) mass is 236 g/mol. The maximum Gasteiger partial charge on any atom is 0.335 e. The zero-order chi connectivity index (χ0) is 12.8. The Bertz CT molecular complexity index is 401.